The van der Waals surface area contributed by atoms with E-state index in [-0.39, 0.29) is 36.1 Å². The lowest BCUT2D eigenvalue weighted by molar-refractivity contribution is -0.145. The number of rotatable bonds is 6. The number of phenolic OH excluding ortho intramolecular Hbond substituents is 1. The molecule has 5 heterocycles. The molecule has 2 saturated heterocycles. The number of amides is 2. The minimum absolute atomic E-state index is 0.0329. The van der Waals surface area contributed by atoms with Crippen LogP contribution < -0.4 is 34.1 Å². The predicted octanol–water partition coefficient (Wildman–Crippen LogP) is 3.72. The number of carbonyl (C=O) groups excluding carboxylic acids is 3. The molecule has 14 nitrogen and oxygen atoms in total. The zero-order chi connectivity index (χ0) is 39.3. The molecule has 7 atom stereocenters. The number of thiocarbonyl (C=S) groups is 1. The van der Waals surface area contributed by atoms with Gasteiger partial charge in [0.25, 0.3) is 10.8 Å². The fourth-order valence-electron chi connectivity index (χ4n) is 10.1. The number of aromatic hydroxyl groups is 1. The lowest BCUT2D eigenvalue weighted by Crippen LogP contribution is -2.92. The minimum Gasteiger partial charge on any atom is -0.504 e. The smallest absolute Gasteiger partial charge is 0.325 e. The van der Waals surface area contributed by atoms with E-state index in [1.165, 1.54) is 21.0 Å². The quantitative estimate of drug-likeness (QED) is 0.144. The number of hydrogen-bond donors (Lipinski definition) is 3. The number of fused-ring (bicyclic) bond motifs is 9. The number of esters is 1. The largest absolute Gasteiger partial charge is 0.504 e. The van der Waals surface area contributed by atoms with E-state index in [9.17, 15) is 24.8 Å². The second-order valence-electron chi connectivity index (χ2n) is 15.1. The molecular formula is C40H43N6O8S+. The summed E-state index contributed by atoms with van der Waals surface area (Å²) in [5.74, 6) is 0.283. The van der Waals surface area contributed by atoms with Crippen molar-refractivity contribution in [3.63, 3.8) is 0 Å². The summed E-state index contributed by atoms with van der Waals surface area (Å²) in [6, 6.07) is 11.0. The van der Waals surface area contributed by atoms with E-state index in [0.717, 1.165) is 11.1 Å². The van der Waals surface area contributed by atoms with E-state index in [4.69, 9.17) is 31.2 Å². The normalized spacial score (nSPS) is 28.7. The van der Waals surface area contributed by atoms with Crippen LogP contribution in [0, 0.1) is 25.2 Å². The summed E-state index contributed by atoms with van der Waals surface area (Å²) in [5.41, 5.74) is 3.37. The van der Waals surface area contributed by atoms with Crippen LogP contribution in [0.15, 0.2) is 36.4 Å². The van der Waals surface area contributed by atoms with Gasteiger partial charge in [-0.25, -0.2) is 4.79 Å². The molecule has 3 N–H and O–H groups in total. The van der Waals surface area contributed by atoms with Crippen molar-refractivity contribution in [3.05, 3.63) is 69.8 Å². The van der Waals surface area contributed by atoms with Gasteiger partial charge in [-0.05, 0) is 44.9 Å². The summed E-state index contributed by atoms with van der Waals surface area (Å²) < 4.78 is 23.3. The first-order valence-corrected chi connectivity index (χ1v) is 18.6. The number of carbonyl (C=O) groups is 3. The van der Waals surface area contributed by atoms with E-state index in [0.29, 0.717) is 63.8 Å². The van der Waals surface area contributed by atoms with Crippen LogP contribution in [0.25, 0.3) is 0 Å². The number of nitriles is 1. The van der Waals surface area contributed by atoms with E-state index in [2.05, 4.69) is 26.5 Å². The van der Waals surface area contributed by atoms with Gasteiger partial charge in [0.1, 0.15) is 17.5 Å². The number of nitrogens with zero attached hydrogens (tertiary/aromatic N) is 4. The highest BCUT2D eigenvalue weighted by molar-refractivity contribution is 7.80. The average molecular weight is 768 g/mol. The van der Waals surface area contributed by atoms with Crippen LogP contribution in [0.5, 0.6) is 28.7 Å². The fourth-order valence-corrected chi connectivity index (χ4v) is 10.7. The summed E-state index contributed by atoms with van der Waals surface area (Å²) >= 11 is 5.66. The second-order valence-corrected chi connectivity index (χ2v) is 15.5. The molecule has 15 heteroatoms. The van der Waals surface area contributed by atoms with Crippen LogP contribution in [0.1, 0.15) is 66.2 Å². The van der Waals surface area contributed by atoms with E-state index in [1.54, 1.807) is 38.1 Å². The minimum atomic E-state index is -1.51. The number of hydrogen-bond acceptors (Lipinski definition) is 12. The van der Waals surface area contributed by atoms with E-state index >= 15 is 0 Å². The average Bonchev–Trinajstić information content (AvgIpc) is 3.63. The Morgan fingerprint density at radius 2 is 1.82 bits per heavy atom. The Morgan fingerprint density at radius 1 is 1.11 bits per heavy atom. The number of para-hydroxylation sites is 1. The molecule has 5 aliphatic heterocycles. The maximum atomic E-state index is 14.6. The second kappa shape index (κ2) is 12.9. The van der Waals surface area contributed by atoms with Gasteiger partial charge in [0.2, 0.25) is 6.79 Å². The van der Waals surface area contributed by atoms with Crippen molar-refractivity contribution < 1.29 is 38.4 Å². The number of phenols is 1. The Labute approximate surface area is 324 Å². The molecule has 5 aliphatic rings. The summed E-state index contributed by atoms with van der Waals surface area (Å²) in [4.78, 5) is 45.1. The fraction of sp³-hybridized carbons (Fsp3) is 0.425. The van der Waals surface area contributed by atoms with Gasteiger partial charge in [-0.2, -0.15) is 5.26 Å². The number of benzene rings is 3. The monoisotopic (exact) mass is 767 g/mol. The van der Waals surface area contributed by atoms with Crippen molar-refractivity contribution >= 4 is 40.8 Å². The molecular weight excluding hydrogens is 725 g/mol. The highest BCUT2D eigenvalue weighted by Crippen LogP contribution is 2.58. The molecule has 286 valence electrons. The Balaban J connectivity index is 1.29. The first-order valence-electron chi connectivity index (χ1n) is 18.2. The van der Waals surface area contributed by atoms with Gasteiger partial charge in [-0.3, -0.25) is 24.7 Å². The predicted molar refractivity (Wildman–Crippen MR) is 204 cm³/mol. The Bertz CT molecular complexity index is 2230. The van der Waals surface area contributed by atoms with Crippen LogP contribution in [-0.4, -0.2) is 89.1 Å². The molecule has 2 amide bonds. The molecule has 3 aromatic carbocycles. The highest BCUT2D eigenvalue weighted by atomic mass is 32.1. The zero-order valence-electron chi connectivity index (χ0n) is 31.7. The van der Waals surface area contributed by atoms with Gasteiger partial charge in [0.05, 0.1) is 32.2 Å². The standard InChI is InChI=1S/C40H42N6O8S/c1-19-13-23-14-26-28(16-41)45-27(32(44(26)6)30(23)33(49)34(19)51-7)15-25-31(37-36(52-18-53-37)20(2)35(25)54-22(4)48)29(45)17-42-38(50)40(5)43-39(55)46(40,21(3)47)24-11-9-8-10-12-24/h8-13,26-29,32H,14-15,17-18H2,1-7H3,(H2-,42,43,49,50,55)/p+1/t26-,27?,28-,29-,32-,40+,46?/m0/s1. The third-order valence-electron chi connectivity index (χ3n) is 12.4. The van der Waals surface area contributed by atoms with Crippen LogP contribution in [0.3, 0.4) is 0 Å². The van der Waals surface area contributed by atoms with Gasteiger partial charge in [-0.1, -0.05) is 24.3 Å². The molecule has 2 unspecified atom stereocenters. The van der Waals surface area contributed by atoms with Gasteiger partial charge < -0.3 is 29.4 Å². The Kier molecular flexibility index (Phi) is 8.61. The summed E-state index contributed by atoms with van der Waals surface area (Å²) in [7, 11) is 3.49. The summed E-state index contributed by atoms with van der Waals surface area (Å²) in [5, 5.41) is 29.3. The molecule has 0 aliphatic carbocycles. The maximum Gasteiger partial charge on any atom is 0.325 e. The Hall–Kier alpha value is -5.27. The van der Waals surface area contributed by atoms with Crippen molar-refractivity contribution in [2.75, 3.05) is 27.5 Å². The molecule has 2 fully saturated rings. The molecule has 0 radical (unpaired) electrons. The van der Waals surface area contributed by atoms with Crippen LogP contribution in [0.4, 0.5) is 5.69 Å². The van der Waals surface area contributed by atoms with Crippen molar-refractivity contribution in [1.82, 2.24) is 24.9 Å². The van der Waals surface area contributed by atoms with Gasteiger partial charge >= 0.3 is 17.8 Å². The van der Waals surface area contributed by atoms with Gasteiger partial charge in [-0.15, -0.1) is 4.48 Å². The van der Waals surface area contributed by atoms with Crippen molar-refractivity contribution in [2.24, 2.45) is 0 Å². The molecule has 55 heavy (non-hydrogen) atoms. The number of aryl methyl sites for hydroxylation is 1. The third-order valence-corrected chi connectivity index (χ3v) is 12.7. The molecule has 2 bridgehead atoms. The third kappa shape index (κ3) is 4.88. The number of piperazine rings is 1. The van der Waals surface area contributed by atoms with Crippen molar-refractivity contribution in [1.29, 1.82) is 5.26 Å². The van der Waals surface area contributed by atoms with E-state index < -0.39 is 46.2 Å². The van der Waals surface area contributed by atoms with Crippen LogP contribution >= 0.6 is 12.2 Å². The number of quaternary nitrogens is 1. The molecule has 0 aromatic heterocycles. The number of ether oxygens (including phenoxy) is 4. The van der Waals surface area contributed by atoms with Gasteiger partial charge in [0, 0.05) is 79.1 Å². The number of methoxy groups -OCH3 is 1. The van der Waals surface area contributed by atoms with E-state index in [1.807, 2.05) is 26.1 Å². The Morgan fingerprint density at radius 3 is 2.45 bits per heavy atom. The van der Waals surface area contributed by atoms with Crippen LogP contribution in [-0.2, 0) is 27.2 Å². The first kappa shape index (κ1) is 36.7. The molecule has 0 saturated carbocycles. The molecule has 3 aromatic rings. The van der Waals surface area contributed by atoms with Crippen molar-refractivity contribution in [3.8, 4) is 34.8 Å². The maximum absolute atomic E-state index is 14.6. The molecule has 8 rings (SSSR count). The van der Waals surface area contributed by atoms with Crippen molar-refractivity contribution in [2.45, 2.75) is 83.3 Å². The molecule has 0 spiro atoms. The number of likely N-dealkylation sites (N-methyl/N-ethyl adjacent to an activating group) is 1. The lowest BCUT2D eigenvalue weighted by Gasteiger charge is -2.60. The SMILES string of the molecule is COc1c(C)cc2c(c1O)[C@@H]1C3Cc4c(OC(C)=O)c(C)c5c(c4[C@H](CNC(=O)[C@]4(C)NC(=S)[N+]4(C(C)=O)c4ccccc4)N3[C@@H](C#N)[C@H](C2)N1C)OCO5. The topological polar surface area (TPSA) is 163 Å². The zero-order valence-corrected chi connectivity index (χ0v) is 32.5. The lowest BCUT2D eigenvalue weighted by atomic mass is 9.71. The van der Waals surface area contributed by atoms with Crippen LogP contribution in [0.2, 0.25) is 0 Å². The first-order chi connectivity index (χ1) is 26.2. The van der Waals surface area contributed by atoms with Gasteiger partial charge in [0.15, 0.2) is 23.0 Å². The highest BCUT2D eigenvalue weighted by Gasteiger charge is 2.71. The number of nitrogens with one attached hydrogen (secondary N) is 2. The summed E-state index contributed by atoms with van der Waals surface area (Å²) in [6.07, 6.45) is 0.786. The summed E-state index contributed by atoms with van der Waals surface area (Å²) in [6.45, 7) is 7.98.